The quantitative estimate of drug-likeness (QED) is 0.0527. The highest BCUT2D eigenvalue weighted by Crippen LogP contribution is 2.09. The van der Waals surface area contributed by atoms with E-state index in [4.69, 9.17) is 17.2 Å². The first-order chi connectivity index (χ1) is 15.0. The van der Waals surface area contributed by atoms with Crippen molar-refractivity contribution in [3.63, 3.8) is 0 Å². The summed E-state index contributed by atoms with van der Waals surface area (Å²) in [6, 6.07) is -4.19. The molecular formula is C18H35N7O5S2. The Morgan fingerprint density at radius 3 is 2.00 bits per heavy atom. The summed E-state index contributed by atoms with van der Waals surface area (Å²) in [4.78, 5) is 52.8. The number of carboxylic acids is 1. The largest absolute Gasteiger partial charge is 0.480 e. The van der Waals surface area contributed by atoms with Crippen molar-refractivity contribution in [2.75, 3.05) is 18.1 Å². The summed E-state index contributed by atoms with van der Waals surface area (Å²) >= 11 is 8.05. The number of thiol groups is 2. The molecule has 0 aromatic carbocycles. The van der Waals surface area contributed by atoms with Gasteiger partial charge in [0.05, 0.1) is 6.04 Å². The normalized spacial score (nSPS) is 15.4. The van der Waals surface area contributed by atoms with E-state index in [1.165, 1.54) is 0 Å². The number of carbonyl (C=O) groups excluding carboxylic acids is 3. The average Bonchev–Trinajstić information content (AvgIpc) is 2.75. The smallest absolute Gasteiger partial charge is 0.326 e. The van der Waals surface area contributed by atoms with Crippen molar-refractivity contribution in [2.24, 2.45) is 28.1 Å². The van der Waals surface area contributed by atoms with Crippen LogP contribution in [0.25, 0.3) is 0 Å². The number of nitrogens with two attached hydrogens (primary N) is 3. The fourth-order valence-corrected chi connectivity index (χ4v) is 2.96. The van der Waals surface area contributed by atoms with Crippen molar-refractivity contribution < 1.29 is 24.3 Å². The van der Waals surface area contributed by atoms with Crippen LogP contribution in [-0.2, 0) is 19.2 Å². The van der Waals surface area contributed by atoms with Gasteiger partial charge in [-0.1, -0.05) is 20.3 Å². The van der Waals surface area contributed by atoms with Gasteiger partial charge >= 0.3 is 5.97 Å². The maximum absolute atomic E-state index is 12.8. The van der Waals surface area contributed by atoms with Crippen LogP contribution in [0.15, 0.2) is 4.99 Å². The van der Waals surface area contributed by atoms with E-state index in [1.807, 2.05) is 0 Å². The van der Waals surface area contributed by atoms with E-state index < -0.39 is 47.9 Å². The Kier molecular flexibility index (Phi) is 14.5. The van der Waals surface area contributed by atoms with Gasteiger partial charge in [-0.25, -0.2) is 4.79 Å². The van der Waals surface area contributed by atoms with Crippen LogP contribution in [0.5, 0.6) is 0 Å². The molecule has 0 aliphatic carbocycles. The molecule has 0 aliphatic rings. The van der Waals surface area contributed by atoms with Crippen LogP contribution in [0.3, 0.4) is 0 Å². The van der Waals surface area contributed by atoms with Crippen LogP contribution in [0, 0.1) is 5.92 Å². The van der Waals surface area contributed by atoms with E-state index in [1.54, 1.807) is 13.8 Å². The molecule has 184 valence electrons. The molecule has 0 saturated heterocycles. The molecule has 0 rings (SSSR count). The van der Waals surface area contributed by atoms with Crippen LogP contribution in [0.4, 0.5) is 0 Å². The second-order valence-electron chi connectivity index (χ2n) is 7.25. The lowest BCUT2D eigenvalue weighted by Gasteiger charge is -2.25. The molecule has 0 bridgehead atoms. The molecule has 5 atom stereocenters. The van der Waals surface area contributed by atoms with Crippen molar-refractivity contribution >= 4 is 54.9 Å². The van der Waals surface area contributed by atoms with E-state index in [2.05, 4.69) is 46.2 Å². The van der Waals surface area contributed by atoms with E-state index in [0.29, 0.717) is 12.8 Å². The lowest BCUT2D eigenvalue weighted by atomic mass is 9.99. The summed E-state index contributed by atoms with van der Waals surface area (Å²) < 4.78 is 0. The summed E-state index contributed by atoms with van der Waals surface area (Å²) in [5, 5.41) is 16.8. The van der Waals surface area contributed by atoms with Gasteiger partial charge in [-0.15, -0.1) is 0 Å². The van der Waals surface area contributed by atoms with Crippen molar-refractivity contribution in [1.82, 2.24) is 16.0 Å². The maximum Gasteiger partial charge on any atom is 0.326 e. The number of hydrogen-bond acceptors (Lipinski definition) is 8. The van der Waals surface area contributed by atoms with Gasteiger partial charge in [0.25, 0.3) is 0 Å². The first-order valence-electron chi connectivity index (χ1n) is 10.1. The van der Waals surface area contributed by atoms with Gasteiger partial charge in [-0.3, -0.25) is 19.4 Å². The van der Waals surface area contributed by atoms with E-state index in [-0.39, 0.29) is 36.3 Å². The number of aliphatic imine (C=N–C) groups is 1. The number of guanidine groups is 1. The highest BCUT2D eigenvalue weighted by atomic mass is 32.1. The van der Waals surface area contributed by atoms with Gasteiger partial charge in [-0.2, -0.15) is 25.3 Å². The number of amides is 3. The third kappa shape index (κ3) is 10.9. The Labute approximate surface area is 198 Å². The Hall–Kier alpha value is -2.19. The summed E-state index contributed by atoms with van der Waals surface area (Å²) in [6.45, 7) is 3.72. The van der Waals surface area contributed by atoms with Crippen LogP contribution in [-0.4, -0.2) is 77.0 Å². The molecule has 0 radical (unpaired) electrons. The highest BCUT2D eigenvalue weighted by molar-refractivity contribution is 7.80. The number of carboxylic acid groups (broad SMARTS) is 1. The molecule has 5 unspecified atom stereocenters. The molecule has 12 nitrogen and oxygen atoms in total. The topological polar surface area (TPSA) is 215 Å². The third-order valence-corrected chi connectivity index (χ3v) is 5.46. The molecule has 32 heavy (non-hydrogen) atoms. The van der Waals surface area contributed by atoms with Crippen LogP contribution in [0.1, 0.15) is 33.1 Å². The second-order valence-corrected chi connectivity index (χ2v) is 7.98. The first-order valence-corrected chi connectivity index (χ1v) is 11.4. The minimum absolute atomic E-state index is 0.0715. The third-order valence-electron chi connectivity index (χ3n) is 4.70. The van der Waals surface area contributed by atoms with Gasteiger partial charge in [0.15, 0.2) is 5.96 Å². The molecule has 0 aliphatic heterocycles. The number of aliphatic carboxylic acids is 1. The summed E-state index contributed by atoms with van der Waals surface area (Å²) in [7, 11) is 0. The SMILES string of the molecule is CCC(C)C(NC(=O)C(CS)NC(=O)C(CCCN=C(N)N)NC(=O)C(N)CS)C(=O)O. The Morgan fingerprint density at radius 1 is 0.969 bits per heavy atom. The molecule has 10 N–H and O–H groups in total. The van der Waals surface area contributed by atoms with Crippen LogP contribution < -0.4 is 33.2 Å². The molecule has 0 heterocycles. The lowest BCUT2D eigenvalue weighted by Crippen LogP contribution is -2.58. The molecule has 0 aromatic rings. The van der Waals surface area contributed by atoms with E-state index in [0.717, 1.165) is 0 Å². The zero-order valence-electron chi connectivity index (χ0n) is 18.3. The van der Waals surface area contributed by atoms with Gasteiger partial charge in [0.2, 0.25) is 17.7 Å². The Balaban J connectivity index is 5.31. The number of nitrogens with zero attached hydrogens (tertiary/aromatic N) is 1. The summed E-state index contributed by atoms with van der Waals surface area (Å²) in [5.41, 5.74) is 16.2. The number of rotatable bonds is 15. The van der Waals surface area contributed by atoms with Gasteiger partial charge in [0, 0.05) is 18.1 Å². The first kappa shape index (κ1) is 29.8. The van der Waals surface area contributed by atoms with Gasteiger partial charge in [0.1, 0.15) is 18.1 Å². The predicted molar refractivity (Wildman–Crippen MR) is 128 cm³/mol. The zero-order chi connectivity index (χ0) is 24.8. The second kappa shape index (κ2) is 15.6. The van der Waals surface area contributed by atoms with Crippen LogP contribution in [0.2, 0.25) is 0 Å². The maximum atomic E-state index is 12.8. The van der Waals surface area contributed by atoms with Gasteiger partial charge < -0.3 is 38.3 Å². The van der Waals surface area contributed by atoms with Crippen molar-refractivity contribution in [1.29, 1.82) is 0 Å². The minimum atomic E-state index is -1.18. The fourth-order valence-electron chi connectivity index (χ4n) is 2.54. The van der Waals surface area contributed by atoms with Crippen LogP contribution >= 0.6 is 25.3 Å². The molecule has 0 aromatic heterocycles. The van der Waals surface area contributed by atoms with Crippen molar-refractivity contribution in [3.05, 3.63) is 0 Å². The number of hydrogen-bond donors (Lipinski definition) is 9. The molecular weight excluding hydrogens is 458 g/mol. The number of carbonyl (C=O) groups is 4. The summed E-state index contributed by atoms with van der Waals surface area (Å²) in [6.07, 6.45) is 1.06. The van der Waals surface area contributed by atoms with Crippen molar-refractivity contribution in [2.45, 2.75) is 57.3 Å². The lowest BCUT2D eigenvalue weighted by molar-refractivity contribution is -0.143. The average molecular weight is 494 g/mol. The standard InChI is InChI=1S/C18H35N7O5S2/c1-3-9(2)13(17(29)30)25-16(28)12(8-32)24-15(27)11(5-4-6-22-18(20)21)23-14(26)10(19)7-31/h9-13,31-32H,3-8,19H2,1-2H3,(H,23,26)(H,24,27)(H,25,28)(H,29,30)(H4,20,21,22). The fraction of sp³-hybridized carbons (Fsp3) is 0.722. The molecule has 0 fully saturated rings. The molecule has 0 spiro atoms. The Morgan fingerprint density at radius 2 is 1.53 bits per heavy atom. The van der Waals surface area contributed by atoms with E-state index >= 15 is 0 Å². The molecule has 14 heteroatoms. The van der Waals surface area contributed by atoms with Crippen molar-refractivity contribution in [3.8, 4) is 0 Å². The van der Waals surface area contributed by atoms with Gasteiger partial charge in [-0.05, 0) is 18.8 Å². The Bertz CT molecular complexity index is 676. The van der Waals surface area contributed by atoms with E-state index in [9.17, 15) is 24.3 Å². The molecule has 0 saturated carbocycles. The zero-order valence-corrected chi connectivity index (χ0v) is 20.1. The highest BCUT2D eigenvalue weighted by Gasteiger charge is 2.31. The number of nitrogens with one attached hydrogen (secondary N) is 3. The minimum Gasteiger partial charge on any atom is -0.480 e. The summed E-state index contributed by atoms with van der Waals surface area (Å²) in [5.74, 6) is -3.56. The monoisotopic (exact) mass is 493 g/mol. The predicted octanol–water partition coefficient (Wildman–Crippen LogP) is -2.19. The molecule has 3 amide bonds.